The lowest BCUT2D eigenvalue weighted by molar-refractivity contribution is -0.138. The molecule has 8 heteroatoms. The number of ether oxygens (including phenoxy) is 1. The molecule has 3 aliphatic heterocycles. The number of nitrogens with zero attached hydrogens (tertiary/aromatic N) is 4. The van der Waals surface area contributed by atoms with E-state index in [1.807, 2.05) is 30.0 Å². The van der Waals surface area contributed by atoms with Crippen LogP contribution in [0.15, 0.2) is 36.5 Å². The van der Waals surface area contributed by atoms with Crippen molar-refractivity contribution in [1.29, 1.82) is 0 Å². The first-order chi connectivity index (χ1) is 19.0. The first kappa shape index (κ1) is 27.6. The molecule has 4 heterocycles. The molecular weight excluding hydrogens is 490 g/mol. The van der Waals surface area contributed by atoms with E-state index in [2.05, 4.69) is 32.3 Å². The highest BCUT2D eigenvalue weighted by molar-refractivity contribution is 5.83. The predicted molar refractivity (Wildman–Crippen MR) is 150 cm³/mol. The molecule has 0 radical (unpaired) electrons. The van der Waals surface area contributed by atoms with Gasteiger partial charge in [-0.3, -0.25) is 14.5 Å². The first-order valence-electron chi connectivity index (χ1n) is 14.8. The Morgan fingerprint density at radius 2 is 1.90 bits per heavy atom. The Morgan fingerprint density at radius 3 is 2.74 bits per heavy atom. The van der Waals surface area contributed by atoms with Gasteiger partial charge in [-0.15, -0.1) is 0 Å². The number of hydrogen-bond donors (Lipinski definition) is 1. The molecule has 39 heavy (non-hydrogen) atoms. The smallest absolute Gasteiger partial charge is 0.237 e. The number of aromatic nitrogens is 2. The van der Waals surface area contributed by atoms with Crippen LogP contribution in [0.2, 0.25) is 0 Å². The summed E-state index contributed by atoms with van der Waals surface area (Å²) in [5.41, 5.74) is 1.86. The van der Waals surface area contributed by atoms with E-state index >= 15 is 0 Å². The molecule has 5 rings (SSSR count). The van der Waals surface area contributed by atoms with Crippen molar-refractivity contribution in [3.05, 3.63) is 53.6 Å². The van der Waals surface area contributed by atoms with E-state index in [4.69, 9.17) is 4.74 Å². The van der Waals surface area contributed by atoms with Crippen LogP contribution in [-0.2, 0) is 16.0 Å². The molecule has 2 saturated heterocycles. The quantitative estimate of drug-likeness (QED) is 0.635. The normalized spacial score (nSPS) is 22.9. The third kappa shape index (κ3) is 6.78. The fourth-order valence-electron chi connectivity index (χ4n) is 6.48. The minimum atomic E-state index is -0.347. The number of amides is 2. The van der Waals surface area contributed by atoms with Gasteiger partial charge < -0.3 is 15.0 Å². The van der Waals surface area contributed by atoms with Gasteiger partial charge in [0, 0.05) is 19.3 Å². The van der Waals surface area contributed by atoms with Crippen LogP contribution in [0.1, 0.15) is 80.9 Å². The summed E-state index contributed by atoms with van der Waals surface area (Å²) in [6.07, 6.45) is 11.2. The minimum Gasteiger partial charge on any atom is -0.493 e. The van der Waals surface area contributed by atoms with E-state index in [9.17, 15) is 9.59 Å². The molecule has 3 aliphatic rings. The standard InChI is InChI=1S/C31H43N5O3/c1-24-32-18-13-26(34-24)27-11-5-7-19-36(27)29(37)23-35-20-15-31(16-21-35)14-6-4-10-25-9-2-3-12-28(25)39-22-8-17-33-30(31)38/h2-3,9,12-13,18,27H,4-8,10-11,14-17,19-23H2,1H3,(H,33,38). The van der Waals surface area contributed by atoms with Gasteiger partial charge in [-0.25, -0.2) is 9.97 Å². The number of para-hydroxylation sites is 1. The number of hydrogen-bond acceptors (Lipinski definition) is 6. The summed E-state index contributed by atoms with van der Waals surface area (Å²) >= 11 is 0. The zero-order valence-electron chi connectivity index (χ0n) is 23.4. The van der Waals surface area contributed by atoms with Crippen LogP contribution in [-0.4, -0.2) is 70.9 Å². The van der Waals surface area contributed by atoms with Gasteiger partial charge in [0.25, 0.3) is 0 Å². The summed E-state index contributed by atoms with van der Waals surface area (Å²) < 4.78 is 6.02. The molecule has 210 valence electrons. The Balaban J connectivity index is 1.19. The molecule has 1 aromatic carbocycles. The van der Waals surface area contributed by atoms with Crippen molar-refractivity contribution in [3.8, 4) is 5.75 Å². The number of carbonyl (C=O) groups is 2. The lowest BCUT2D eigenvalue weighted by atomic mass is 9.73. The largest absolute Gasteiger partial charge is 0.493 e. The minimum absolute atomic E-state index is 0.0272. The molecule has 0 bridgehead atoms. The molecule has 0 saturated carbocycles. The van der Waals surface area contributed by atoms with Crippen LogP contribution in [0.25, 0.3) is 0 Å². The maximum atomic E-state index is 13.5. The number of rotatable bonds is 3. The molecule has 2 fully saturated rings. The van der Waals surface area contributed by atoms with Gasteiger partial charge in [-0.05, 0) is 95.5 Å². The summed E-state index contributed by atoms with van der Waals surface area (Å²) in [5.74, 6) is 2.07. The van der Waals surface area contributed by atoms with E-state index in [1.165, 1.54) is 5.56 Å². The van der Waals surface area contributed by atoms with Crippen LogP contribution in [0, 0.1) is 12.3 Å². The summed E-state index contributed by atoms with van der Waals surface area (Å²) in [7, 11) is 0. The van der Waals surface area contributed by atoms with Crippen molar-refractivity contribution in [2.45, 2.75) is 77.2 Å². The lowest BCUT2D eigenvalue weighted by Gasteiger charge is -2.42. The molecule has 0 aliphatic carbocycles. The van der Waals surface area contributed by atoms with Gasteiger partial charge >= 0.3 is 0 Å². The Bertz CT molecular complexity index is 1130. The number of likely N-dealkylation sites (tertiary alicyclic amines) is 2. The third-order valence-corrected chi connectivity index (χ3v) is 8.80. The Kier molecular flexibility index (Phi) is 9.12. The van der Waals surface area contributed by atoms with Gasteiger partial charge in [0.1, 0.15) is 11.6 Å². The fourth-order valence-corrected chi connectivity index (χ4v) is 6.48. The van der Waals surface area contributed by atoms with E-state index in [0.717, 1.165) is 101 Å². The second-order valence-corrected chi connectivity index (χ2v) is 11.5. The highest BCUT2D eigenvalue weighted by atomic mass is 16.5. The van der Waals surface area contributed by atoms with Gasteiger partial charge in [-0.1, -0.05) is 24.6 Å². The summed E-state index contributed by atoms with van der Waals surface area (Å²) in [6, 6.07) is 10.3. The number of piperidine rings is 2. The predicted octanol–water partition coefficient (Wildman–Crippen LogP) is 4.23. The number of carbonyl (C=O) groups excluding carboxylic acids is 2. The number of fused-ring (bicyclic) bond motifs is 1. The molecule has 1 aromatic heterocycles. The average molecular weight is 534 g/mol. The molecule has 8 nitrogen and oxygen atoms in total. The van der Waals surface area contributed by atoms with Crippen molar-refractivity contribution < 1.29 is 14.3 Å². The highest BCUT2D eigenvalue weighted by Gasteiger charge is 2.41. The lowest BCUT2D eigenvalue weighted by Crippen LogP contribution is -2.51. The fraction of sp³-hybridized carbons (Fsp3) is 0.613. The summed E-state index contributed by atoms with van der Waals surface area (Å²) in [6.45, 7) is 5.86. The van der Waals surface area contributed by atoms with Crippen LogP contribution in [0.5, 0.6) is 5.75 Å². The molecule has 1 atom stereocenters. The first-order valence-corrected chi connectivity index (χ1v) is 14.8. The van der Waals surface area contributed by atoms with Crippen molar-refractivity contribution in [2.24, 2.45) is 5.41 Å². The van der Waals surface area contributed by atoms with Crippen molar-refractivity contribution >= 4 is 11.8 Å². The summed E-state index contributed by atoms with van der Waals surface area (Å²) in [5, 5.41) is 3.22. The highest BCUT2D eigenvalue weighted by Crippen LogP contribution is 2.38. The topological polar surface area (TPSA) is 87.7 Å². The van der Waals surface area contributed by atoms with Gasteiger partial charge in [0.2, 0.25) is 11.8 Å². The van der Waals surface area contributed by atoms with Crippen LogP contribution in [0.4, 0.5) is 0 Å². The molecule has 1 N–H and O–H groups in total. The van der Waals surface area contributed by atoms with E-state index in [1.54, 1.807) is 6.20 Å². The van der Waals surface area contributed by atoms with Crippen molar-refractivity contribution in [1.82, 2.24) is 25.1 Å². The number of benzene rings is 1. The van der Waals surface area contributed by atoms with Crippen LogP contribution in [0.3, 0.4) is 0 Å². The zero-order valence-corrected chi connectivity index (χ0v) is 23.4. The van der Waals surface area contributed by atoms with Crippen molar-refractivity contribution in [3.63, 3.8) is 0 Å². The van der Waals surface area contributed by atoms with Crippen LogP contribution >= 0.6 is 0 Å². The molecular formula is C31H43N5O3. The number of nitrogens with one attached hydrogen (secondary N) is 1. The second-order valence-electron chi connectivity index (χ2n) is 11.5. The van der Waals surface area contributed by atoms with Crippen LogP contribution < -0.4 is 10.1 Å². The van der Waals surface area contributed by atoms with Gasteiger partial charge in [-0.2, -0.15) is 0 Å². The van der Waals surface area contributed by atoms with Crippen molar-refractivity contribution in [2.75, 3.05) is 39.3 Å². The second kappa shape index (κ2) is 12.9. The Hall–Kier alpha value is -3.00. The Morgan fingerprint density at radius 1 is 1.05 bits per heavy atom. The maximum Gasteiger partial charge on any atom is 0.237 e. The molecule has 2 aromatic rings. The van der Waals surface area contributed by atoms with E-state index in [-0.39, 0.29) is 23.3 Å². The van der Waals surface area contributed by atoms with Gasteiger partial charge in [0.05, 0.1) is 30.3 Å². The molecule has 2 amide bonds. The maximum absolute atomic E-state index is 13.5. The monoisotopic (exact) mass is 533 g/mol. The molecule has 1 unspecified atom stereocenters. The third-order valence-electron chi connectivity index (χ3n) is 8.80. The number of aryl methyl sites for hydroxylation is 2. The van der Waals surface area contributed by atoms with E-state index < -0.39 is 0 Å². The zero-order chi connectivity index (χ0) is 27.1. The SMILES string of the molecule is Cc1nccc(C2CCCCN2C(=O)CN2CCC3(CCCCc4ccccc4OCCCNC3=O)CC2)n1. The van der Waals surface area contributed by atoms with Gasteiger partial charge in [0.15, 0.2) is 0 Å². The summed E-state index contributed by atoms with van der Waals surface area (Å²) in [4.78, 5) is 40.1. The van der Waals surface area contributed by atoms with E-state index in [0.29, 0.717) is 19.7 Å². The Labute approximate surface area is 232 Å². The average Bonchev–Trinajstić information content (AvgIpc) is 2.97. The molecule has 1 spiro atoms.